The summed E-state index contributed by atoms with van der Waals surface area (Å²) >= 11 is 0. The molecule has 128 valence electrons. The summed E-state index contributed by atoms with van der Waals surface area (Å²) < 4.78 is 5.17. The number of nitrogens with one attached hydrogen (secondary N) is 1. The van der Waals surface area contributed by atoms with Gasteiger partial charge in [-0.25, -0.2) is 9.59 Å². The molecule has 2 rings (SSSR count). The number of rotatable bonds is 2. The zero-order valence-electron chi connectivity index (χ0n) is 13.7. The van der Waals surface area contributed by atoms with Gasteiger partial charge in [-0.1, -0.05) is 12.2 Å². The molecule has 2 aliphatic rings. The molecule has 7 nitrogen and oxygen atoms in total. The van der Waals surface area contributed by atoms with E-state index in [1.54, 1.807) is 26.8 Å². The molecule has 23 heavy (non-hydrogen) atoms. The highest BCUT2D eigenvalue weighted by atomic mass is 16.6. The summed E-state index contributed by atoms with van der Waals surface area (Å²) in [6.07, 6.45) is 5.35. The fourth-order valence-electron chi connectivity index (χ4n) is 3.05. The Bertz CT molecular complexity index is 523. The summed E-state index contributed by atoms with van der Waals surface area (Å²) in [4.78, 5) is 37.5. The maximum absolute atomic E-state index is 12.7. The number of aliphatic carboxylic acids is 1. The number of ether oxygens (including phenoxy) is 1. The van der Waals surface area contributed by atoms with E-state index in [2.05, 4.69) is 5.32 Å². The minimum atomic E-state index is -0.999. The number of hydrogen-bond donors (Lipinski definition) is 2. The van der Waals surface area contributed by atoms with Crippen molar-refractivity contribution in [3.63, 3.8) is 0 Å². The molecule has 2 amide bonds. The van der Waals surface area contributed by atoms with Crippen LogP contribution in [0.25, 0.3) is 0 Å². The number of carboxylic acid groups (broad SMARTS) is 1. The molecular weight excluding hydrogens is 300 g/mol. The van der Waals surface area contributed by atoms with Gasteiger partial charge in [0.05, 0.1) is 0 Å². The molecule has 0 unspecified atom stereocenters. The Morgan fingerprint density at radius 1 is 1.35 bits per heavy atom. The largest absolute Gasteiger partial charge is 0.480 e. The van der Waals surface area contributed by atoms with Crippen LogP contribution in [0.5, 0.6) is 0 Å². The van der Waals surface area contributed by atoms with E-state index in [1.165, 1.54) is 4.90 Å². The lowest BCUT2D eigenvalue weighted by atomic mass is 9.93. The molecule has 0 radical (unpaired) electrons. The van der Waals surface area contributed by atoms with Gasteiger partial charge >= 0.3 is 12.1 Å². The van der Waals surface area contributed by atoms with E-state index in [0.29, 0.717) is 12.8 Å². The third kappa shape index (κ3) is 4.24. The lowest BCUT2D eigenvalue weighted by Crippen LogP contribution is -2.58. The number of nitrogens with zero attached hydrogens (tertiary/aromatic N) is 1. The van der Waals surface area contributed by atoms with Crippen LogP contribution in [0, 0.1) is 0 Å². The van der Waals surface area contributed by atoms with Crippen molar-refractivity contribution in [2.45, 2.75) is 70.2 Å². The van der Waals surface area contributed by atoms with Crippen LogP contribution in [0.1, 0.15) is 46.5 Å². The normalized spacial score (nSPS) is 27.9. The van der Waals surface area contributed by atoms with Crippen LogP contribution in [0.15, 0.2) is 12.2 Å². The van der Waals surface area contributed by atoms with Crippen molar-refractivity contribution in [1.29, 1.82) is 0 Å². The quantitative estimate of drug-likeness (QED) is 0.753. The molecule has 2 N–H and O–H groups in total. The van der Waals surface area contributed by atoms with E-state index in [1.807, 2.05) is 6.08 Å². The van der Waals surface area contributed by atoms with Crippen LogP contribution >= 0.6 is 0 Å². The zero-order valence-corrected chi connectivity index (χ0v) is 13.7. The van der Waals surface area contributed by atoms with Crippen molar-refractivity contribution >= 4 is 18.0 Å². The highest BCUT2D eigenvalue weighted by Crippen LogP contribution is 2.28. The highest BCUT2D eigenvalue weighted by Gasteiger charge is 2.41. The molecule has 0 aromatic heterocycles. The summed E-state index contributed by atoms with van der Waals surface area (Å²) in [5.41, 5.74) is -0.668. The van der Waals surface area contributed by atoms with Crippen LogP contribution < -0.4 is 5.32 Å². The van der Waals surface area contributed by atoms with Gasteiger partial charge in [-0.3, -0.25) is 4.79 Å². The van der Waals surface area contributed by atoms with Crippen LogP contribution in [-0.4, -0.2) is 51.7 Å². The van der Waals surface area contributed by atoms with Crippen molar-refractivity contribution < 1.29 is 24.2 Å². The van der Waals surface area contributed by atoms with Crippen molar-refractivity contribution in [2.24, 2.45) is 0 Å². The molecule has 0 saturated carbocycles. The number of piperidine rings is 1. The number of carbonyl (C=O) groups excluding carboxylic acids is 2. The second-order valence-corrected chi connectivity index (χ2v) is 6.97. The predicted molar refractivity (Wildman–Crippen MR) is 82.8 cm³/mol. The zero-order chi connectivity index (χ0) is 17.2. The van der Waals surface area contributed by atoms with Gasteiger partial charge in [0.25, 0.3) is 0 Å². The van der Waals surface area contributed by atoms with E-state index in [-0.39, 0.29) is 11.9 Å². The highest BCUT2D eigenvalue weighted by molar-refractivity contribution is 5.91. The average molecular weight is 324 g/mol. The molecule has 0 aromatic rings. The van der Waals surface area contributed by atoms with E-state index in [0.717, 1.165) is 12.8 Å². The van der Waals surface area contributed by atoms with Gasteiger partial charge in [-0.05, 0) is 46.5 Å². The molecule has 1 fully saturated rings. The van der Waals surface area contributed by atoms with Crippen LogP contribution in [0.4, 0.5) is 4.79 Å². The first-order valence-electron chi connectivity index (χ1n) is 7.90. The second-order valence-electron chi connectivity index (χ2n) is 6.97. The lowest BCUT2D eigenvalue weighted by molar-refractivity contribution is -0.155. The van der Waals surface area contributed by atoms with Gasteiger partial charge in [-0.2, -0.15) is 0 Å². The lowest BCUT2D eigenvalue weighted by Gasteiger charge is -2.40. The van der Waals surface area contributed by atoms with Crippen LogP contribution in [0.3, 0.4) is 0 Å². The minimum absolute atomic E-state index is 0.126. The van der Waals surface area contributed by atoms with Gasteiger partial charge in [0, 0.05) is 6.04 Å². The number of amides is 2. The van der Waals surface area contributed by atoms with E-state index in [9.17, 15) is 19.5 Å². The molecule has 1 saturated heterocycles. The first-order chi connectivity index (χ1) is 10.7. The van der Waals surface area contributed by atoms with Crippen molar-refractivity contribution in [3.05, 3.63) is 12.2 Å². The molecule has 0 aliphatic carbocycles. The topological polar surface area (TPSA) is 95.9 Å². The molecule has 7 heteroatoms. The SMILES string of the molecule is CC(C)(C)OC(=O)N[C@H]1C=CC[C@H]2CCC[C@@H](C(=O)O)N2C1=O. The summed E-state index contributed by atoms with van der Waals surface area (Å²) in [7, 11) is 0. The van der Waals surface area contributed by atoms with Gasteiger partial charge in [0.1, 0.15) is 17.7 Å². The third-order valence-corrected chi connectivity index (χ3v) is 3.96. The first kappa shape index (κ1) is 17.3. The molecule has 2 heterocycles. The van der Waals surface area contributed by atoms with Gasteiger partial charge in [0.2, 0.25) is 5.91 Å². The summed E-state index contributed by atoms with van der Waals surface area (Å²) in [6.45, 7) is 5.20. The van der Waals surface area contributed by atoms with E-state index >= 15 is 0 Å². The Balaban J connectivity index is 2.14. The standard InChI is InChI=1S/C16H24N2O5/c1-16(2,3)23-15(22)17-11-8-4-6-10-7-5-9-12(14(20)21)18(10)13(11)19/h4,8,10-12H,5-7,9H2,1-3H3,(H,17,22)(H,20,21)/t10-,11-,12-/m0/s1. The van der Waals surface area contributed by atoms with Gasteiger partial charge in [-0.15, -0.1) is 0 Å². The second kappa shape index (κ2) is 6.60. The van der Waals surface area contributed by atoms with Crippen molar-refractivity contribution in [3.8, 4) is 0 Å². The molecular formula is C16H24N2O5. The minimum Gasteiger partial charge on any atom is -0.480 e. The number of hydrogen-bond acceptors (Lipinski definition) is 4. The molecule has 0 aromatic carbocycles. The number of alkyl carbamates (subject to hydrolysis) is 1. The smallest absolute Gasteiger partial charge is 0.408 e. The molecule has 3 atom stereocenters. The van der Waals surface area contributed by atoms with E-state index < -0.39 is 29.7 Å². The summed E-state index contributed by atoms with van der Waals surface area (Å²) in [5, 5.41) is 11.9. The average Bonchev–Trinajstić information content (AvgIpc) is 2.57. The maximum Gasteiger partial charge on any atom is 0.408 e. The Morgan fingerprint density at radius 3 is 2.65 bits per heavy atom. The molecule has 0 spiro atoms. The van der Waals surface area contributed by atoms with Crippen molar-refractivity contribution in [2.75, 3.05) is 0 Å². The monoisotopic (exact) mass is 324 g/mol. The third-order valence-electron chi connectivity index (χ3n) is 3.96. The van der Waals surface area contributed by atoms with Crippen LogP contribution in [-0.2, 0) is 14.3 Å². The Labute approximate surface area is 135 Å². The maximum atomic E-state index is 12.7. The van der Waals surface area contributed by atoms with Gasteiger partial charge < -0.3 is 20.1 Å². The van der Waals surface area contributed by atoms with Crippen molar-refractivity contribution in [1.82, 2.24) is 10.2 Å². The first-order valence-corrected chi connectivity index (χ1v) is 7.90. The fraction of sp³-hybridized carbons (Fsp3) is 0.688. The van der Waals surface area contributed by atoms with E-state index in [4.69, 9.17) is 4.74 Å². The number of fused-ring (bicyclic) bond motifs is 1. The summed E-state index contributed by atoms with van der Waals surface area (Å²) in [6, 6.07) is -1.85. The Kier molecular flexibility index (Phi) is 4.97. The van der Waals surface area contributed by atoms with Gasteiger partial charge in [0.15, 0.2) is 0 Å². The predicted octanol–water partition coefficient (Wildman–Crippen LogP) is 1.67. The molecule has 2 aliphatic heterocycles. The number of carboxylic acids is 1. The summed E-state index contributed by atoms with van der Waals surface area (Å²) in [5.74, 6) is -1.39. The molecule has 0 bridgehead atoms. The number of carbonyl (C=O) groups is 3. The Hall–Kier alpha value is -2.05. The Morgan fingerprint density at radius 2 is 2.04 bits per heavy atom. The van der Waals surface area contributed by atoms with Crippen LogP contribution in [0.2, 0.25) is 0 Å². The fourth-order valence-corrected chi connectivity index (χ4v) is 3.05.